The van der Waals surface area contributed by atoms with Gasteiger partial charge in [-0.05, 0) is 19.3 Å². The van der Waals surface area contributed by atoms with Crippen LogP contribution in [0.1, 0.15) is 19.3 Å². The van der Waals surface area contributed by atoms with Crippen LogP contribution < -0.4 is 0 Å². The molecule has 0 atom stereocenters. The van der Waals surface area contributed by atoms with E-state index in [9.17, 15) is 0 Å². The molecule has 0 amide bonds. The number of halogens is 2. The van der Waals surface area contributed by atoms with Gasteiger partial charge in [-0.15, -0.1) is 0 Å². The van der Waals surface area contributed by atoms with Crippen molar-refractivity contribution in [3.05, 3.63) is 9.51 Å². The maximum absolute atomic E-state index is 5.70. The second-order valence-corrected chi connectivity index (χ2v) is 3.08. The third-order valence-corrected chi connectivity index (χ3v) is 2.61. The molecule has 0 saturated heterocycles. The van der Waals surface area contributed by atoms with Gasteiger partial charge in [-0.2, -0.15) is 0 Å². The topological polar surface area (TPSA) is 0 Å². The average molecular weight is 181 g/mol. The van der Waals surface area contributed by atoms with Crippen LogP contribution in [0.5, 0.6) is 0 Å². The number of hydrogen-bond donors (Lipinski definition) is 0. The summed E-state index contributed by atoms with van der Waals surface area (Å²) < 4.78 is 1.20. The summed E-state index contributed by atoms with van der Waals surface area (Å²) >= 11 is 9.05. The van der Waals surface area contributed by atoms with Gasteiger partial charge in [-0.3, -0.25) is 0 Å². The van der Waals surface area contributed by atoms with Gasteiger partial charge in [-0.1, -0.05) is 27.5 Å². The van der Waals surface area contributed by atoms with Crippen molar-refractivity contribution in [2.75, 3.05) is 0 Å². The standard InChI is InChI=1S/C5H6BrCl/c6-4-2-1-3-5(4)7/h1-3H2. The summed E-state index contributed by atoms with van der Waals surface area (Å²) in [5.41, 5.74) is 0. The van der Waals surface area contributed by atoms with Crippen LogP contribution in [0, 0.1) is 0 Å². The van der Waals surface area contributed by atoms with Crippen molar-refractivity contribution in [1.29, 1.82) is 0 Å². The van der Waals surface area contributed by atoms with Gasteiger partial charge in [0.15, 0.2) is 0 Å². The van der Waals surface area contributed by atoms with Crippen LogP contribution in [-0.4, -0.2) is 0 Å². The lowest BCUT2D eigenvalue weighted by Gasteiger charge is -1.82. The van der Waals surface area contributed by atoms with Gasteiger partial charge >= 0.3 is 0 Å². The SMILES string of the molecule is ClC1=C(Br)CCC1. The van der Waals surface area contributed by atoms with Crippen molar-refractivity contribution in [3.63, 3.8) is 0 Å². The highest BCUT2D eigenvalue weighted by Gasteiger charge is 2.07. The minimum Gasteiger partial charge on any atom is -0.0883 e. The molecule has 0 saturated carbocycles. The average Bonchev–Trinajstić information content (AvgIpc) is 1.91. The van der Waals surface area contributed by atoms with Crippen LogP contribution in [0.3, 0.4) is 0 Å². The van der Waals surface area contributed by atoms with Gasteiger partial charge in [0.25, 0.3) is 0 Å². The number of allylic oxidation sites excluding steroid dienone is 2. The molecule has 0 aliphatic heterocycles. The van der Waals surface area contributed by atoms with E-state index in [1.54, 1.807) is 0 Å². The molecular formula is C5H6BrCl. The molecule has 0 bridgehead atoms. The summed E-state index contributed by atoms with van der Waals surface area (Å²) in [6, 6.07) is 0. The lowest BCUT2D eigenvalue weighted by Crippen LogP contribution is -1.57. The maximum atomic E-state index is 5.70. The van der Waals surface area contributed by atoms with Crippen molar-refractivity contribution in [2.24, 2.45) is 0 Å². The van der Waals surface area contributed by atoms with Crippen LogP contribution in [0.15, 0.2) is 9.51 Å². The second kappa shape index (κ2) is 2.19. The first-order valence-corrected chi connectivity index (χ1v) is 3.51. The Bertz CT molecular complexity index is 94.6. The Hall–Kier alpha value is 0.510. The largest absolute Gasteiger partial charge is 0.0883 e. The highest BCUT2D eigenvalue weighted by Crippen LogP contribution is 2.32. The van der Waals surface area contributed by atoms with Gasteiger partial charge in [0.1, 0.15) is 0 Å². The first-order valence-electron chi connectivity index (χ1n) is 2.34. The van der Waals surface area contributed by atoms with Crippen molar-refractivity contribution >= 4 is 27.5 Å². The van der Waals surface area contributed by atoms with E-state index in [1.807, 2.05) is 0 Å². The quantitative estimate of drug-likeness (QED) is 0.539. The Morgan fingerprint density at radius 2 is 2.14 bits per heavy atom. The third kappa shape index (κ3) is 1.20. The maximum Gasteiger partial charge on any atom is 0.0282 e. The molecule has 0 spiro atoms. The Labute approximate surface area is 56.7 Å². The Morgan fingerprint density at radius 3 is 2.29 bits per heavy atom. The van der Waals surface area contributed by atoms with Gasteiger partial charge in [-0.25, -0.2) is 0 Å². The molecule has 0 aromatic carbocycles. The summed E-state index contributed by atoms with van der Waals surface area (Å²) in [6.45, 7) is 0. The molecule has 1 rings (SSSR count). The van der Waals surface area contributed by atoms with E-state index in [-0.39, 0.29) is 0 Å². The molecule has 7 heavy (non-hydrogen) atoms. The summed E-state index contributed by atoms with van der Waals surface area (Å²) in [4.78, 5) is 0. The zero-order valence-electron chi connectivity index (χ0n) is 3.88. The lowest BCUT2D eigenvalue weighted by molar-refractivity contribution is 0.921. The van der Waals surface area contributed by atoms with Gasteiger partial charge in [0.2, 0.25) is 0 Å². The Balaban J connectivity index is 2.64. The smallest absolute Gasteiger partial charge is 0.0282 e. The molecule has 0 radical (unpaired) electrons. The summed E-state index contributed by atoms with van der Waals surface area (Å²) in [7, 11) is 0. The molecule has 0 nitrogen and oxygen atoms in total. The van der Waals surface area contributed by atoms with Crippen LogP contribution >= 0.6 is 27.5 Å². The second-order valence-electron chi connectivity index (χ2n) is 1.66. The first-order chi connectivity index (χ1) is 3.30. The molecule has 0 fully saturated rings. The third-order valence-electron chi connectivity index (χ3n) is 1.09. The van der Waals surface area contributed by atoms with Crippen LogP contribution in [0.2, 0.25) is 0 Å². The Morgan fingerprint density at radius 1 is 1.43 bits per heavy atom. The van der Waals surface area contributed by atoms with E-state index in [1.165, 1.54) is 10.9 Å². The molecule has 0 aromatic rings. The van der Waals surface area contributed by atoms with E-state index < -0.39 is 0 Å². The zero-order valence-corrected chi connectivity index (χ0v) is 6.22. The summed E-state index contributed by atoms with van der Waals surface area (Å²) in [5.74, 6) is 0. The van der Waals surface area contributed by atoms with Gasteiger partial charge < -0.3 is 0 Å². The van der Waals surface area contributed by atoms with E-state index in [0.717, 1.165) is 17.9 Å². The van der Waals surface area contributed by atoms with E-state index in [2.05, 4.69) is 15.9 Å². The number of hydrogen-bond acceptors (Lipinski definition) is 0. The normalized spacial score (nSPS) is 21.4. The fourth-order valence-electron chi connectivity index (χ4n) is 0.670. The fraction of sp³-hybridized carbons (Fsp3) is 0.600. The van der Waals surface area contributed by atoms with Crippen LogP contribution in [-0.2, 0) is 0 Å². The molecule has 1 aliphatic rings. The molecule has 0 N–H and O–H groups in total. The monoisotopic (exact) mass is 180 g/mol. The highest BCUT2D eigenvalue weighted by molar-refractivity contribution is 9.11. The van der Waals surface area contributed by atoms with E-state index >= 15 is 0 Å². The summed E-state index contributed by atoms with van der Waals surface area (Å²) in [6.07, 6.45) is 3.43. The van der Waals surface area contributed by atoms with Crippen LogP contribution in [0.4, 0.5) is 0 Å². The van der Waals surface area contributed by atoms with Crippen molar-refractivity contribution in [3.8, 4) is 0 Å². The van der Waals surface area contributed by atoms with E-state index in [0.29, 0.717) is 0 Å². The molecule has 40 valence electrons. The number of rotatable bonds is 0. The van der Waals surface area contributed by atoms with Crippen LogP contribution in [0.25, 0.3) is 0 Å². The van der Waals surface area contributed by atoms with E-state index in [4.69, 9.17) is 11.6 Å². The predicted octanol–water partition coefficient (Wildman–Crippen LogP) is 3.02. The molecule has 0 heterocycles. The Kier molecular flexibility index (Phi) is 1.76. The molecule has 0 unspecified atom stereocenters. The molecular weight excluding hydrogens is 175 g/mol. The molecule has 2 heteroatoms. The minimum absolute atomic E-state index is 1.01. The van der Waals surface area contributed by atoms with Gasteiger partial charge in [0, 0.05) is 9.51 Å². The lowest BCUT2D eigenvalue weighted by atomic mass is 10.4. The van der Waals surface area contributed by atoms with Crippen molar-refractivity contribution in [2.45, 2.75) is 19.3 Å². The minimum atomic E-state index is 1.01. The first kappa shape index (κ1) is 5.64. The molecule has 1 aliphatic carbocycles. The molecule has 0 aromatic heterocycles. The van der Waals surface area contributed by atoms with Crippen molar-refractivity contribution < 1.29 is 0 Å². The van der Waals surface area contributed by atoms with Crippen molar-refractivity contribution in [1.82, 2.24) is 0 Å². The van der Waals surface area contributed by atoms with Gasteiger partial charge in [0.05, 0.1) is 0 Å². The summed E-state index contributed by atoms with van der Waals surface area (Å²) in [5, 5.41) is 1.01. The zero-order chi connectivity index (χ0) is 5.28. The fourth-order valence-corrected chi connectivity index (χ4v) is 1.38. The highest BCUT2D eigenvalue weighted by atomic mass is 79.9. The predicted molar refractivity (Wildman–Crippen MR) is 35.7 cm³/mol.